The first-order valence-electron chi connectivity index (χ1n) is 13.0. The third-order valence-electron chi connectivity index (χ3n) is 6.68. The van der Waals surface area contributed by atoms with Gasteiger partial charge >= 0.3 is 5.97 Å². The Hall–Kier alpha value is -2.67. The molecule has 1 heterocycles. The summed E-state index contributed by atoms with van der Waals surface area (Å²) in [6, 6.07) is 10.1. The van der Waals surface area contributed by atoms with Crippen LogP contribution >= 0.6 is 0 Å². The van der Waals surface area contributed by atoms with Gasteiger partial charge in [-0.25, -0.2) is 0 Å². The number of hydrogen-bond acceptors (Lipinski definition) is 6. The molecule has 1 aliphatic carbocycles. The van der Waals surface area contributed by atoms with Gasteiger partial charge in [-0.15, -0.1) is 0 Å². The van der Waals surface area contributed by atoms with Gasteiger partial charge < -0.3 is 24.5 Å². The van der Waals surface area contributed by atoms with Gasteiger partial charge in [0.15, 0.2) is 0 Å². The molecule has 6 nitrogen and oxygen atoms in total. The molecule has 3 rings (SSSR count). The summed E-state index contributed by atoms with van der Waals surface area (Å²) in [5.41, 5.74) is 3.25. The summed E-state index contributed by atoms with van der Waals surface area (Å²) in [6.07, 6.45) is 13.3. The second kappa shape index (κ2) is 14.2. The molecule has 3 N–H and O–H groups in total. The quantitative estimate of drug-likeness (QED) is 0.200. The standard InChI is InChI=1S/C30H40O6/c1-21(2)36-30(34)11-6-4-3-5-10-26-27(29(33)19-28(26)32)15-14-25(31)13-12-22-8-7-9-23(18-22)24-16-17-35-20-24/h3,5,7-9,14-18,20-21,25-29,31-33H,4,6,10-13,19H2,1-2H3/b5-3-,15-14+/t25?,26-,27-,28+,29-/m1/s1. The molecule has 36 heavy (non-hydrogen) atoms. The lowest BCUT2D eigenvalue weighted by atomic mass is 9.89. The van der Waals surface area contributed by atoms with E-state index < -0.39 is 18.3 Å². The van der Waals surface area contributed by atoms with E-state index in [2.05, 4.69) is 6.07 Å². The van der Waals surface area contributed by atoms with Crippen molar-refractivity contribution in [3.05, 3.63) is 72.7 Å². The first-order chi connectivity index (χ1) is 17.3. The van der Waals surface area contributed by atoms with E-state index in [9.17, 15) is 20.1 Å². The van der Waals surface area contributed by atoms with Crippen molar-refractivity contribution in [2.45, 2.75) is 83.2 Å². The maximum atomic E-state index is 11.6. The van der Waals surface area contributed by atoms with Gasteiger partial charge in [-0.1, -0.05) is 48.6 Å². The number of allylic oxidation sites excluding steroid dienone is 2. The Kier molecular flexibility index (Phi) is 11.0. The molecule has 1 fully saturated rings. The minimum Gasteiger partial charge on any atom is -0.472 e. The molecule has 5 atom stereocenters. The van der Waals surface area contributed by atoms with Crippen molar-refractivity contribution in [2.24, 2.45) is 11.8 Å². The van der Waals surface area contributed by atoms with Gasteiger partial charge in [0.05, 0.1) is 36.9 Å². The number of carbonyl (C=O) groups is 1. The maximum absolute atomic E-state index is 11.6. The molecule has 1 saturated carbocycles. The number of carbonyl (C=O) groups excluding carboxylic acids is 1. The number of hydrogen-bond donors (Lipinski definition) is 3. The highest BCUT2D eigenvalue weighted by atomic mass is 16.5. The fraction of sp³-hybridized carbons (Fsp3) is 0.500. The van der Waals surface area contributed by atoms with Crippen LogP contribution in [0.4, 0.5) is 0 Å². The first kappa shape index (κ1) is 27.9. The van der Waals surface area contributed by atoms with Crippen molar-refractivity contribution in [2.75, 3.05) is 0 Å². The van der Waals surface area contributed by atoms with Crippen molar-refractivity contribution in [3.63, 3.8) is 0 Å². The first-order valence-corrected chi connectivity index (χ1v) is 13.0. The van der Waals surface area contributed by atoms with Crippen LogP contribution in [0.25, 0.3) is 11.1 Å². The van der Waals surface area contributed by atoms with Gasteiger partial charge in [-0.2, -0.15) is 0 Å². The molecular formula is C30H40O6. The van der Waals surface area contributed by atoms with Gasteiger partial charge in [-0.3, -0.25) is 4.79 Å². The highest BCUT2D eigenvalue weighted by molar-refractivity contribution is 5.69. The van der Waals surface area contributed by atoms with Crippen LogP contribution in [0.15, 0.2) is 71.6 Å². The molecule has 0 spiro atoms. The van der Waals surface area contributed by atoms with Crippen LogP contribution in [0.2, 0.25) is 0 Å². The summed E-state index contributed by atoms with van der Waals surface area (Å²) >= 11 is 0. The van der Waals surface area contributed by atoms with Crippen LogP contribution in [0.5, 0.6) is 0 Å². The molecule has 0 bridgehead atoms. The van der Waals surface area contributed by atoms with Crippen molar-refractivity contribution < 1.29 is 29.3 Å². The van der Waals surface area contributed by atoms with Crippen LogP contribution in [-0.4, -0.2) is 45.7 Å². The van der Waals surface area contributed by atoms with E-state index in [0.29, 0.717) is 25.7 Å². The van der Waals surface area contributed by atoms with Crippen molar-refractivity contribution in [1.29, 1.82) is 0 Å². The number of aliphatic hydroxyl groups excluding tert-OH is 3. The molecule has 0 aliphatic heterocycles. The summed E-state index contributed by atoms with van der Waals surface area (Å²) in [5, 5.41) is 31.5. The summed E-state index contributed by atoms with van der Waals surface area (Å²) in [4.78, 5) is 11.6. The average molecular weight is 497 g/mol. The van der Waals surface area contributed by atoms with Crippen LogP contribution < -0.4 is 0 Å². The van der Waals surface area contributed by atoms with Crippen molar-refractivity contribution in [1.82, 2.24) is 0 Å². The summed E-state index contributed by atoms with van der Waals surface area (Å²) in [5.74, 6) is -0.482. The van der Waals surface area contributed by atoms with E-state index in [1.807, 2.05) is 56.3 Å². The topological polar surface area (TPSA) is 100 Å². The number of furan rings is 1. The Bertz CT molecular complexity index is 977. The van der Waals surface area contributed by atoms with E-state index in [1.54, 1.807) is 18.6 Å². The summed E-state index contributed by atoms with van der Waals surface area (Å²) in [7, 11) is 0. The maximum Gasteiger partial charge on any atom is 0.306 e. The molecule has 1 aliphatic rings. The minimum atomic E-state index is -0.630. The summed E-state index contributed by atoms with van der Waals surface area (Å²) in [6.45, 7) is 3.68. The smallest absolute Gasteiger partial charge is 0.306 e. The number of esters is 1. The van der Waals surface area contributed by atoms with E-state index in [4.69, 9.17) is 9.15 Å². The SMILES string of the molecule is CC(C)OC(=O)CCC/C=C\C[C@@H]1[C@@H](/C=C/C(O)CCc2cccc(-c3ccoc3)c2)[C@H](O)C[C@@H]1O. The van der Waals surface area contributed by atoms with Crippen LogP contribution in [-0.2, 0) is 16.0 Å². The zero-order valence-electron chi connectivity index (χ0n) is 21.3. The lowest BCUT2D eigenvalue weighted by Crippen LogP contribution is -2.20. The molecule has 0 saturated heterocycles. The fourth-order valence-electron chi connectivity index (χ4n) is 4.77. The van der Waals surface area contributed by atoms with Crippen molar-refractivity contribution in [3.8, 4) is 11.1 Å². The monoisotopic (exact) mass is 496 g/mol. The number of benzene rings is 1. The van der Waals surface area contributed by atoms with E-state index in [-0.39, 0.29) is 23.9 Å². The number of aryl methyl sites for hydroxylation is 1. The predicted molar refractivity (Wildman–Crippen MR) is 140 cm³/mol. The lowest BCUT2D eigenvalue weighted by Gasteiger charge is -2.19. The molecule has 196 valence electrons. The van der Waals surface area contributed by atoms with Gasteiger partial charge in [0.25, 0.3) is 0 Å². The number of ether oxygens (including phenoxy) is 1. The second-order valence-corrected chi connectivity index (χ2v) is 9.95. The molecule has 1 unspecified atom stereocenters. The second-order valence-electron chi connectivity index (χ2n) is 9.95. The van der Waals surface area contributed by atoms with Crippen LogP contribution in [0.3, 0.4) is 0 Å². The largest absolute Gasteiger partial charge is 0.472 e. The Balaban J connectivity index is 1.45. The zero-order chi connectivity index (χ0) is 25.9. The van der Waals surface area contributed by atoms with E-state index in [0.717, 1.165) is 36.0 Å². The molecule has 6 heteroatoms. The minimum absolute atomic E-state index is 0.0920. The average Bonchev–Trinajstić information content (AvgIpc) is 3.46. The molecule has 0 amide bonds. The third-order valence-corrected chi connectivity index (χ3v) is 6.68. The van der Waals surface area contributed by atoms with Gasteiger partial charge in [0.1, 0.15) is 0 Å². The lowest BCUT2D eigenvalue weighted by molar-refractivity contribution is -0.147. The summed E-state index contributed by atoms with van der Waals surface area (Å²) < 4.78 is 10.3. The Labute approximate surface area is 214 Å². The zero-order valence-corrected chi connectivity index (χ0v) is 21.3. The van der Waals surface area contributed by atoms with E-state index in [1.165, 1.54) is 0 Å². The van der Waals surface area contributed by atoms with E-state index >= 15 is 0 Å². The molecule has 1 aromatic carbocycles. The van der Waals surface area contributed by atoms with Crippen LogP contribution in [0.1, 0.15) is 57.9 Å². The normalized spacial score (nSPS) is 23.2. The highest BCUT2D eigenvalue weighted by Crippen LogP contribution is 2.36. The molecule has 1 aromatic heterocycles. The molecular weight excluding hydrogens is 456 g/mol. The van der Waals surface area contributed by atoms with Crippen LogP contribution in [0, 0.1) is 11.8 Å². The number of rotatable bonds is 13. The molecule has 2 aromatic rings. The Morgan fingerprint density at radius 3 is 2.75 bits per heavy atom. The Morgan fingerprint density at radius 1 is 1.17 bits per heavy atom. The van der Waals surface area contributed by atoms with Gasteiger partial charge in [0.2, 0.25) is 0 Å². The number of aliphatic hydroxyl groups is 3. The number of unbranched alkanes of at least 4 members (excludes halogenated alkanes) is 1. The fourth-order valence-corrected chi connectivity index (χ4v) is 4.77. The predicted octanol–water partition coefficient (Wildman–Crippen LogP) is 5.22. The van der Waals surface area contributed by atoms with Crippen molar-refractivity contribution >= 4 is 5.97 Å². The Morgan fingerprint density at radius 2 is 2.00 bits per heavy atom. The molecule has 0 radical (unpaired) electrons. The van der Waals surface area contributed by atoms with Gasteiger partial charge in [-0.05, 0) is 69.1 Å². The highest BCUT2D eigenvalue weighted by Gasteiger charge is 2.39. The van der Waals surface area contributed by atoms with Gasteiger partial charge in [0, 0.05) is 24.3 Å². The third kappa shape index (κ3) is 8.77.